The monoisotopic (exact) mass is 317 g/mol. The van der Waals surface area contributed by atoms with Crippen LogP contribution in [0, 0.1) is 16.7 Å². The van der Waals surface area contributed by atoms with Crippen LogP contribution in [0.25, 0.3) is 6.08 Å². The lowest BCUT2D eigenvalue weighted by Crippen LogP contribution is -2.19. The van der Waals surface area contributed by atoms with Crippen LogP contribution in [0.4, 0.5) is 0 Å². The lowest BCUT2D eigenvalue weighted by Gasteiger charge is -2.32. The van der Waals surface area contributed by atoms with Crippen molar-refractivity contribution in [3.63, 3.8) is 0 Å². The Bertz CT molecular complexity index is 731. The molecule has 0 fully saturated rings. The fraction of sp³-hybridized carbons (Fsp3) is 0.348. The van der Waals surface area contributed by atoms with Gasteiger partial charge in [0.05, 0.1) is 11.6 Å². The van der Waals surface area contributed by atoms with Gasteiger partial charge in [-0.15, -0.1) is 0 Å². The van der Waals surface area contributed by atoms with Gasteiger partial charge in [0.15, 0.2) is 0 Å². The van der Waals surface area contributed by atoms with Crippen molar-refractivity contribution in [3.8, 4) is 6.07 Å². The number of nitrogens with zero attached hydrogens (tertiary/aromatic N) is 1. The lowest BCUT2D eigenvalue weighted by molar-refractivity contribution is 0.377. The molecule has 1 heteroatoms. The van der Waals surface area contributed by atoms with Crippen molar-refractivity contribution in [1.29, 1.82) is 5.26 Å². The average Bonchev–Trinajstić information content (AvgIpc) is 2.54. The molecule has 0 radical (unpaired) electrons. The molecule has 0 aromatic heterocycles. The van der Waals surface area contributed by atoms with E-state index >= 15 is 0 Å². The maximum Gasteiger partial charge on any atom is 0.0991 e. The van der Waals surface area contributed by atoms with Crippen LogP contribution in [-0.4, -0.2) is 0 Å². The number of hydrogen-bond donors (Lipinski definition) is 0. The number of allylic oxidation sites excluding steroid dienone is 7. The van der Waals surface area contributed by atoms with Gasteiger partial charge in [-0.05, 0) is 61.8 Å². The third kappa shape index (κ3) is 4.83. The predicted molar refractivity (Wildman–Crippen MR) is 103 cm³/mol. The van der Waals surface area contributed by atoms with Crippen molar-refractivity contribution in [2.24, 2.45) is 5.41 Å². The summed E-state index contributed by atoms with van der Waals surface area (Å²) in [5, 5.41) is 8.81. The highest BCUT2D eigenvalue weighted by Gasteiger charge is 2.26. The van der Waals surface area contributed by atoms with E-state index in [4.69, 9.17) is 5.26 Å². The number of nitriles is 1. The SMILES string of the molecule is CC1=C(/C=C/C(C)=C/C=C/c2ccc(C#N)cc2)C(C)(C)CCC1. The summed E-state index contributed by atoms with van der Waals surface area (Å²) in [6, 6.07) is 9.75. The molecule has 0 spiro atoms. The molecule has 0 atom stereocenters. The molecule has 0 heterocycles. The van der Waals surface area contributed by atoms with Gasteiger partial charge in [-0.2, -0.15) is 5.26 Å². The average molecular weight is 317 g/mol. The Morgan fingerprint density at radius 1 is 1.17 bits per heavy atom. The van der Waals surface area contributed by atoms with E-state index < -0.39 is 0 Å². The van der Waals surface area contributed by atoms with E-state index in [1.165, 1.54) is 36.0 Å². The van der Waals surface area contributed by atoms with E-state index in [-0.39, 0.29) is 5.41 Å². The Labute approximate surface area is 146 Å². The zero-order valence-electron chi connectivity index (χ0n) is 15.3. The highest BCUT2D eigenvalue weighted by Crippen LogP contribution is 2.40. The van der Waals surface area contributed by atoms with E-state index in [9.17, 15) is 0 Å². The Balaban J connectivity index is 2.05. The molecule has 0 saturated heterocycles. The summed E-state index contributed by atoms with van der Waals surface area (Å²) >= 11 is 0. The van der Waals surface area contributed by atoms with Crippen LogP contribution in [0.5, 0.6) is 0 Å². The molecular formula is C23H27N. The van der Waals surface area contributed by atoms with Gasteiger partial charge in [-0.3, -0.25) is 0 Å². The quantitative estimate of drug-likeness (QED) is 0.574. The highest BCUT2D eigenvalue weighted by molar-refractivity contribution is 5.53. The Kier molecular flexibility index (Phi) is 5.99. The summed E-state index contributed by atoms with van der Waals surface area (Å²) < 4.78 is 0. The Morgan fingerprint density at radius 3 is 2.50 bits per heavy atom. The molecule has 1 aliphatic rings. The zero-order valence-corrected chi connectivity index (χ0v) is 15.3. The van der Waals surface area contributed by atoms with Gasteiger partial charge in [0.1, 0.15) is 0 Å². The van der Waals surface area contributed by atoms with Gasteiger partial charge in [0.25, 0.3) is 0 Å². The van der Waals surface area contributed by atoms with Gasteiger partial charge < -0.3 is 0 Å². The van der Waals surface area contributed by atoms with Gasteiger partial charge in [-0.25, -0.2) is 0 Å². The topological polar surface area (TPSA) is 23.8 Å². The Morgan fingerprint density at radius 2 is 1.88 bits per heavy atom. The maximum absolute atomic E-state index is 8.81. The highest BCUT2D eigenvalue weighted by atomic mass is 14.3. The van der Waals surface area contributed by atoms with E-state index in [0.29, 0.717) is 5.56 Å². The van der Waals surface area contributed by atoms with Gasteiger partial charge >= 0.3 is 0 Å². The molecule has 2 rings (SSSR count). The van der Waals surface area contributed by atoms with Gasteiger partial charge in [-0.1, -0.05) is 67.5 Å². The first-order valence-electron chi connectivity index (χ1n) is 8.66. The largest absolute Gasteiger partial charge is 0.192 e. The van der Waals surface area contributed by atoms with Crippen LogP contribution in [0.15, 0.2) is 65.3 Å². The Hall–Kier alpha value is -2.33. The van der Waals surface area contributed by atoms with Crippen LogP contribution >= 0.6 is 0 Å². The second-order valence-corrected chi connectivity index (χ2v) is 7.27. The van der Waals surface area contributed by atoms with Crippen LogP contribution in [0.2, 0.25) is 0 Å². The summed E-state index contributed by atoms with van der Waals surface area (Å²) in [7, 11) is 0. The smallest absolute Gasteiger partial charge is 0.0991 e. The first-order valence-corrected chi connectivity index (χ1v) is 8.66. The maximum atomic E-state index is 8.81. The van der Waals surface area contributed by atoms with E-state index in [1.54, 1.807) is 0 Å². The van der Waals surface area contributed by atoms with E-state index in [0.717, 1.165) is 5.56 Å². The third-order valence-electron chi connectivity index (χ3n) is 4.74. The molecule has 1 aromatic rings. The van der Waals surface area contributed by atoms with Gasteiger partial charge in [0.2, 0.25) is 0 Å². The van der Waals surface area contributed by atoms with Crippen LogP contribution in [0.1, 0.15) is 58.1 Å². The minimum Gasteiger partial charge on any atom is -0.192 e. The normalized spacial score (nSPS) is 18.4. The molecule has 0 N–H and O–H groups in total. The van der Waals surface area contributed by atoms with Crippen LogP contribution < -0.4 is 0 Å². The summed E-state index contributed by atoms with van der Waals surface area (Å²) in [4.78, 5) is 0. The van der Waals surface area contributed by atoms with Crippen molar-refractivity contribution in [2.45, 2.75) is 47.0 Å². The fourth-order valence-electron chi connectivity index (χ4n) is 3.26. The molecule has 0 aliphatic heterocycles. The second-order valence-electron chi connectivity index (χ2n) is 7.27. The molecule has 24 heavy (non-hydrogen) atoms. The first kappa shape index (κ1) is 18.0. The molecule has 0 amide bonds. The summed E-state index contributed by atoms with van der Waals surface area (Å²) in [6.45, 7) is 9.09. The van der Waals surface area contributed by atoms with Crippen LogP contribution in [0.3, 0.4) is 0 Å². The van der Waals surface area contributed by atoms with Gasteiger partial charge in [0, 0.05) is 0 Å². The molecule has 124 valence electrons. The summed E-state index contributed by atoms with van der Waals surface area (Å²) in [5.41, 5.74) is 6.36. The fourth-order valence-corrected chi connectivity index (χ4v) is 3.26. The summed E-state index contributed by atoms with van der Waals surface area (Å²) in [5.74, 6) is 0. The number of hydrogen-bond acceptors (Lipinski definition) is 1. The van der Waals surface area contributed by atoms with Crippen LogP contribution in [-0.2, 0) is 0 Å². The molecular weight excluding hydrogens is 290 g/mol. The number of rotatable bonds is 4. The molecule has 1 aromatic carbocycles. The molecule has 1 nitrogen and oxygen atoms in total. The zero-order chi connectivity index (χ0) is 17.6. The molecule has 0 bridgehead atoms. The summed E-state index contributed by atoms with van der Waals surface area (Å²) in [6.07, 6.45) is 14.6. The second kappa shape index (κ2) is 7.97. The third-order valence-corrected chi connectivity index (χ3v) is 4.74. The number of benzene rings is 1. The van der Waals surface area contributed by atoms with Crippen molar-refractivity contribution in [2.75, 3.05) is 0 Å². The molecule has 0 unspecified atom stereocenters. The first-order chi connectivity index (χ1) is 11.4. The molecule has 0 saturated carbocycles. The van der Waals surface area contributed by atoms with Crippen molar-refractivity contribution in [1.82, 2.24) is 0 Å². The minimum absolute atomic E-state index is 0.289. The minimum atomic E-state index is 0.289. The lowest BCUT2D eigenvalue weighted by atomic mass is 9.72. The van der Waals surface area contributed by atoms with E-state index in [1.807, 2.05) is 24.3 Å². The standard InChI is InChI=1S/C23H27N/c1-18(7-5-9-20-11-13-21(17-24)14-12-20)10-15-22-19(2)8-6-16-23(22,3)4/h5,7,9-15H,6,8,16H2,1-4H3/b9-5+,15-10+,18-7+. The molecule has 1 aliphatic carbocycles. The van der Waals surface area contributed by atoms with E-state index in [2.05, 4.69) is 64.1 Å². The van der Waals surface area contributed by atoms with Crippen molar-refractivity contribution >= 4 is 6.08 Å². The van der Waals surface area contributed by atoms with Crippen molar-refractivity contribution < 1.29 is 0 Å². The van der Waals surface area contributed by atoms with Crippen molar-refractivity contribution in [3.05, 3.63) is 76.4 Å². The predicted octanol–water partition coefficient (Wildman–Crippen LogP) is 6.60.